The predicted molar refractivity (Wildman–Crippen MR) is 118 cm³/mol. The van der Waals surface area contributed by atoms with Gasteiger partial charge in [-0.3, -0.25) is 4.99 Å². The van der Waals surface area contributed by atoms with Crippen LogP contribution >= 0.6 is 11.8 Å². The monoisotopic (exact) mass is 419 g/mol. The van der Waals surface area contributed by atoms with Gasteiger partial charge in [-0.05, 0) is 57.1 Å². The third-order valence-electron chi connectivity index (χ3n) is 6.71. The molecule has 6 nitrogen and oxygen atoms in total. The zero-order valence-corrected chi connectivity index (χ0v) is 18.6. The fourth-order valence-corrected chi connectivity index (χ4v) is 5.90. The lowest BCUT2D eigenvalue weighted by molar-refractivity contribution is -0.0765. The van der Waals surface area contributed by atoms with E-state index < -0.39 is 5.72 Å². The highest BCUT2D eigenvalue weighted by molar-refractivity contribution is 8.14. The Morgan fingerprint density at radius 2 is 2.00 bits per heavy atom. The average molecular weight is 420 g/mol. The van der Waals surface area contributed by atoms with Gasteiger partial charge in [-0.1, -0.05) is 25.1 Å². The highest BCUT2D eigenvalue weighted by Crippen LogP contribution is 2.48. The Bertz CT molecular complexity index is 764. The number of nitrogens with zero attached hydrogens (tertiary/aromatic N) is 3. The first-order valence-electron chi connectivity index (χ1n) is 10.7. The number of aliphatic hydroxyl groups is 1. The number of amidine groups is 1. The maximum absolute atomic E-state index is 11.9. The van der Waals surface area contributed by atoms with E-state index in [9.17, 15) is 5.11 Å². The Morgan fingerprint density at radius 1 is 1.21 bits per heavy atom. The smallest absolute Gasteiger partial charge is 0.179 e. The number of likely N-dealkylation sites (tertiary alicyclic amines) is 1. The largest absolute Gasteiger partial charge is 0.497 e. The normalized spacial score (nSPS) is 26.3. The van der Waals surface area contributed by atoms with Crippen LogP contribution in [0.4, 0.5) is 0 Å². The molecule has 3 aliphatic heterocycles. The number of thioether (sulfide) groups is 1. The second-order valence-electron chi connectivity index (χ2n) is 8.55. The summed E-state index contributed by atoms with van der Waals surface area (Å²) in [4.78, 5) is 9.64. The molecule has 0 aliphatic carbocycles. The summed E-state index contributed by atoms with van der Waals surface area (Å²) in [5, 5.41) is 12.8. The highest BCUT2D eigenvalue weighted by atomic mass is 32.2. The van der Waals surface area contributed by atoms with Gasteiger partial charge in [0, 0.05) is 18.5 Å². The second kappa shape index (κ2) is 8.36. The van der Waals surface area contributed by atoms with Crippen molar-refractivity contribution in [2.75, 3.05) is 52.7 Å². The van der Waals surface area contributed by atoms with E-state index in [0.29, 0.717) is 11.5 Å². The van der Waals surface area contributed by atoms with Crippen molar-refractivity contribution in [3.63, 3.8) is 0 Å². The number of methoxy groups -OCH3 is 2. The molecular formula is C22H33N3O3S. The lowest BCUT2D eigenvalue weighted by Crippen LogP contribution is -2.56. The van der Waals surface area contributed by atoms with Gasteiger partial charge in [-0.2, -0.15) is 0 Å². The number of aliphatic imine (C=N–C) groups is 1. The molecule has 0 amide bonds. The van der Waals surface area contributed by atoms with Gasteiger partial charge < -0.3 is 24.4 Å². The number of unbranched alkanes of at least 4 members (excludes halogenated alkanes) is 1. The van der Waals surface area contributed by atoms with Crippen molar-refractivity contribution in [1.82, 2.24) is 9.80 Å². The fourth-order valence-electron chi connectivity index (χ4n) is 4.73. The highest BCUT2D eigenvalue weighted by Gasteiger charge is 2.52. The molecule has 0 bridgehead atoms. The van der Waals surface area contributed by atoms with Crippen molar-refractivity contribution in [3.8, 4) is 11.5 Å². The van der Waals surface area contributed by atoms with Gasteiger partial charge in [0.1, 0.15) is 11.5 Å². The van der Waals surface area contributed by atoms with E-state index in [1.807, 2.05) is 18.2 Å². The van der Waals surface area contributed by atoms with E-state index in [4.69, 9.17) is 14.5 Å². The topological polar surface area (TPSA) is 57.5 Å². The van der Waals surface area contributed by atoms with Crippen molar-refractivity contribution in [1.29, 1.82) is 0 Å². The molecule has 0 saturated carbocycles. The van der Waals surface area contributed by atoms with Crippen molar-refractivity contribution in [2.24, 2.45) is 10.4 Å². The molecule has 3 aliphatic rings. The lowest BCUT2D eigenvalue weighted by Gasteiger charge is -2.48. The SMILES string of the molecule is CCCCN1CCC2(CC1)CN=C1SCC(O)(c3cc(OC)ccc3OC)N1C2. The molecule has 2 fully saturated rings. The number of hydrogen-bond donors (Lipinski definition) is 1. The van der Waals surface area contributed by atoms with Crippen LogP contribution in [-0.2, 0) is 5.72 Å². The van der Waals surface area contributed by atoms with Gasteiger partial charge in [-0.25, -0.2) is 0 Å². The van der Waals surface area contributed by atoms with Crippen LogP contribution < -0.4 is 9.47 Å². The lowest BCUT2D eigenvalue weighted by atomic mass is 9.76. The Kier molecular flexibility index (Phi) is 6.00. The van der Waals surface area contributed by atoms with E-state index in [0.717, 1.165) is 55.5 Å². The first-order chi connectivity index (χ1) is 14.0. The average Bonchev–Trinajstić information content (AvgIpc) is 3.09. The Hall–Kier alpha value is -1.44. The third kappa shape index (κ3) is 3.84. The van der Waals surface area contributed by atoms with Crippen LogP contribution in [0.25, 0.3) is 0 Å². The van der Waals surface area contributed by atoms with E-state index in [-0.39, 0.29) is 5.41 Å². The molecule has 1 spiro atoms. The van der Waals surface area contributed by atoms with E-state index >= 15 is 0 Å². The van der Waals surface area contributed by atoms with Crippen LogP contribution in [0.3, 0.4) is 0 Å². The summed E-state index contributed by atoms with van der Waals surface area (Å²) in [6, 6.07) is 5.64. The first-order valence-corrected chi connectivity index (χ1v) is 11.6. The van der Waals surface area contributed by atoms with E-state index in [1.165, 1.54) is 19.4 Å². The summed E-state index contributed by atoms with van der Waals surface area (Å²) >= 11 is 1.64. The molecule has 1 N–H and O–H groups in total. The van der Waals surface area contributed by atoms with Crippen molar-refractivity contribution >= 4 is 16.9 Å². The number of fused-ring (bicyclic) bond motifs is 1. The van der Waals surface area contributed by atoms with Crippen LogP contribution in [0.2, 0.25) is 0 Å². The minimum Gasteiger partial charge on any atom is -0.497 e. The number of rotatable bonds is 6. The second-order valence-corrected chi connectivity index (χ2v) is 9.49. The fraction of sp³-hybridized carbons (Fsp3) is 0.682. The molecule has 29 heavy (non-hydrogen) atoms. The van der Waals surface area contributed by atoms with Gasteiger partial charge in [-0.15, -0.1) is 0 Å². The summed E-state index contributed by atoms with van der Waals surface area (Å²) in [7, 11) is 3.30. The van der Waals surface area contributed by atoms with Crippen molar-refractivity contribution < 1.29 is 14.6 Å². The van der Waals surface area contributed by atoms with Gasteiger partial charge >= 0.3 is 0 Å². The summed E-state index contributed by atoms with van der Waals surface area (Å²) in [5.41, 5.74) is -0.220. The molecule has 4 rings (SSSR count). The molecule has 3 heterocycles. The zero-order valence-electron chi connectivity index (χ0n) is 17.8. The predicted octanol–water partition coefficient (Wildman–Crippen LogP) is 3.15. The van der Waals surface area contributed by atoms with Gasteiger partial charge in [0.25, 0.3) is 0 Å². The third-order valence-corrected chi connectivity index (χ3v) is 7.86. The minimum atomic E-state index is -1.13. The van der Waals surface area contributed by atoms with Crippen molar-refractivity contribution in [2.45, 2.75) is 38.3 Å². The van der Waals surface area contributed by atoms with E-state index in [2.05, 4.69) is 16.7 Å². The zero-order chi connectivity index (χ0) is 20.5. The van der Waals surface area contributed by atoms with E-state index in [1.54, 1.807) is 26.0 Å². The Balaban J connectivity index is 1.57. The molecule has 1 aromatic rings. The molecular weight excluding hydrogens is 386 g/mol. The number of hydrogen-bond acceptors (Lipinski definition) is 7. The quantitative estimate of drug-likeness (QED) is 0.764. The number of piperidine rings is 1. The van der Waals surface area contributed by atoms with Crippen LogP contribution in [0.5, 0.6) is 11.5 Å². The molecule has 0 radical (unpaired) electrons. The molecule has 1 aromatic carbocycles. The first kappa shape index (κ1) is 20.8. The molecule has 7 heteroatoms. The maximum Gasteiger partial charge on any atom is 0.179 e. The Labute approximate surface area is 178 Å². The van der Waals surface area contributed by atoms with Gasteiger partial charge in [0.05, 0.1) is 25.5 Å². The van der Waals surface area contributed by atoms with Gasteiger partial charge in [0.2, 0.25) is 0 Å². The molecule has 0 aromatic heterocycles. The number of ether oxygens (including phenoxy) is 2. The standard InChI is InChI=1S/C22H33N3O3S/c1-4-5-10-24-11-8-21(9-12-24)14-23-20-25(15-21)22(26,16-29-20)18-13-17(27-2)6-7-19(18)28-3/h6-7,13,26H,4-5,8-12,14-16H2,1-3H3. The van der Waals surface area contributed by atoms with Crippen LogP contribution in [-0.4, -0.2) is 72.8 Å². The summed E-state index contributed by atoms with van der Waals surface area (Å²) in [5.74, 6) is 1.96. The summed E-state index contributed by atoms with van der Waals surface area (Å²) in [6.07, 6.45) is 4.79. The maximum atomic E-state index is 11.9. The molecule has 1 unspecified atom stereocenters. The molecule has 160 valence electrons. The van der Waals surface area contributed by atoms with Crippen LogP contribution in [0, 0.1) is 5.41 Å². The van der Waals surface area contributed by atoms with Gasteiger partial charge in [0.15, 0.2) is 10.9 Å². The Morgan fingerprint density at radius 3 is 2.69 bits per heavy atom. The van der Waals surface area contributed by atoms with Crippen LogP contribution in [0.15, 0.2) is 23.2 Å². The van der Waals surface area contributed by atoms with Crippen LogP contribution in [0.1, 0.15) is 38.2 Å². The number of benzene rings is 1. The van der Waals surface area contributed by atoms with Crippen molar-refractivity contribution in [3.05, 3.63) is 23.8 Å². The molecule has 1 atom stereocenters. The minimum absolute atomic E-state index is 0.150. The summed E-state index contributed by atoms with van der Waals surface area (Å²) in [6.45, 7) is 7.43. The molecule has 2 saturated heterocycles. The summed E-state index contributed by atoms with van der Waals surface area (Å²) < 4.78 is 11.0.